The van der Waals surface area contributed by atoms with Crippen LogP contribution < -0.4 is 48.7 Å². The molecule has 9 atom stereocenters. The third kappa shape index (κ3) is 16.9. The number of aromatic hydroxyl groups is 1. The number of amides is 7. The lowest BCUT2D eigenvalue weighted by Gasteiger charge is -2.29. The summed E-state index contributed by atoms with van der Waals surface area (Å²) >= 11 is 0. The molecule has 1 aliphatic rings. The highest BCUT2D eigenvalue weighted by Gasteiger charge is 2.37. The number of aliphatic hydroxyl groups excluding tert-OH is 1. The van der Waals surface area contributed by atoms with Crippen LogP contribution in [0.5, 0.6) is 5.75 Å². The number of rotatable bonds is 17. The summed E-state index contributed by atoms with van der Waals surface area (Å²) in [5.74, 6) is -8.42. The second-order valence-corrected chi connectivity index (χ2v) is 21.9. The van der Waals surface area contributed by atoms with E-state index in [-0.39, 0.29) is 49.5 Å². The van der Waals surface area contributed by atoms with Crippen LogP contribution in [0.15, 0.2) is 97.2 Å². The quantitative estimate of drug-likeness (QED) is 0.0463. The molecular weight excluding hydrogens is 1030 g/mol. The number of hydrogen-bond acceptors (Lipinski definition) is 14. The number of fused-ring (bicyclic) bond motifs is 2. The molecule has 0 spiro atoms. The Morgan fingerprint density at radius 1 is 0.714 bits per heavy atom. The number of H-pyrrole nitrogens is 1. The molecular formula is C54H68N10O11S2. The SMILES string of the molecule is CC(C)[C@@H]1NC(=O)[C@H](CCCCN)NC(=O)[C@@H](Cc2c[nH]c3ccccc23)NC(=O)[C@H](Cc2ccc(O)cc2)NC(=O)[C@@H](NC(=O)[C@H](N)Cc2ccc3ccccc3c2)CSSC[C@@H](C(=O)N[C@H](C(=O)O)[C@@H](C)O)NC1=O. The second-order valence-electron chi connectivity index (χ2n) is 19.4. The van der Waals surface area contributed by atoms with Gasteiger partial charge in [-0.1, -0.05) is 108 Å². The lowest BCUT2D eigenvalue weighted by Crippen LogP contribution is -2.62. The number of carbonyl (C=O) groups excluding carboxylic acids is 7. The fourth-order valence-corrected chi connectivity index (χ4v) is 11.0. The Kier molecular flexibility index (Phi) is 21.7. The fraction of sp³-hybridized carbons (Fsp3) is 0.407. The molecule has 0 aliphatic carbocycles. The van der Waals surface area contributed by atoms with E-state index < -0.39 is 108 Å². The van der Waals surface area contributed by atoms with Gasteiger partial charge < -0.3 is 69.0 Å². The number of carbonyl (C=O) groups is 8. The summed E-state index contributed by atoms with van der Waals surface area (Å²) in [6.07, 6.45) is 0.867. The van der Waals surface area contributed by atoms with Crippen molar-refractivity contribution in [2.75, 3.05) is 18.1 Å². The van der Waals surface area contributed by atoms with Gasteiger partial charge in [0.05, 0.1) is 12.1 Å². The zero-order valence-corrected chi connectivity index (χ0v) is 44.6. The van der Waals surface area contributed by atoms with E-state index in [1.54, 1.807) is 32.2 Å². The van der Waals surface area contributed by atoms with E-state index in [4.69, 9.17) is 11.5 Å². The Hall–Kier alpha value is -7.18. The van der Waals surface area contributed by atoms with E-state index in [0.29, 0.717) is 24.0 Å². The summed E-state index contributed by atoms with van der Waals surface area (Å²) in [6.45, 7) is 4.73. The summed E-state index contributed by atoms with van der Waals surface area (Å²) in [6, 6.07) is 15.3. The lowest BCUT2D eigenvalue weighted by molar-refractivity contribution is -0.145. The largest absolute Gasteiger partial charge is 0.508 e. The first-order valence-electron chi connectivity index (χ1n) is 25.4. The van der Waals surface area contributed by atoms with Crippen molar-refractivity contribution >= 4 is 90.6 Å². The van der Waals surface area contributed by atoms with Gasteiger partial charge in [-0.2, -0.15) is 0 Å². The molecule has 1 fully saturated rings. The number of carboxylic acids is 1. The summed E-state index contributed by atoms with van der Waals surface area (Å²) in [7, 11) is 1.97. The average Bonchev–Trinajstić information content (AvgIpc) is 3.81. The number of phenols is 1. The Balaban J connectivity index is 1.39. The third-order valence-corrected chi connectivity index (χ3v) is 15.5. The summed E-state index contributed by atoms with van der Waals surface area (Å²) in [5.41, 5.74) is 15.0. The van der Waals surface area contributed by atoms with Crippen molar-refractivity contribution in [2.45, 2.75) is 114 Å². The highest BCUT2D eigenvalue weighted by atomic mass is 33.1. The number of aromatic amines is 1. The van der Waals surface area contributed by atoms with Crippen LogP contribution in [-0.4, -0.2) is 140 Å². The minimum atomic E-state index is -1.77. The molecule has 7 amide bonds. The Bertz CT molecular complexity index is 2890. The van der Waals surface area contributed by atoms with Crippen LogP contribution in [0.3, 0.4) is 0 Å². The number of nitrogens with two attached hydrogens (primary N) is 2. The molecule has 1 aliphatic heterocycles. The predicted octanol–water partition coefficient (Wildman–Crippen LogP) is 1.42. The van der Waals surface area contributed by atoms with Gasteiger partial charge in [0.1, 0.15) is 42.0 Å². The number of phenolic OH excluding ortho intramolecular Hbond substituents is 1. The molecule has 412 valence electrons. The highest BCUT2D eigenvalue weighted by molar-refractivity contribution is 8.76. The van der Waals surface area contributed by atoms with Gasteiger partial charge in [-0.3, -0.25) is 33.6 Å². The molecule has 21 nitrogen and oxygen atoms in total. The third-order valence-electron chi connectivity index (χ3n) is 13.0. The molecule has 2 heterocycles. The first kappa shape index (κ1) is 59.1. The smallest absolute Gasteiger partial charge is 0.328 e. The van der Waals surface area contributed by atoms with Gasteiger partial charge in [-0.05, 0) is 90.7 Å². The van der Waals surface area contributed by atoms with E-state index in [1.807, 2.05) is 66.7 Å². The Morgan fingerprint density at radius 2 is 1.34 bits per heavy atom. The summed E-state index contributed by atoms with van der Waals surface area (Å²) in [5, 5.41) is 51.6. The van der Waals surface area contributed by atoms with Gasteiger partial charge in [-0.25, -0.2) is 4.79 Å². The van der Waals surface area contributed by atoms with Crippen molar-refractivity contribution in [2.24, 2.45) is 17.4 Å². The normalized spacial score (nSPS) is 21.6. The number of unbranched alkanes of at least 4 members (excludes halogenated alkanes) is 1. The molecule has 15 N–H and O–H groups in total. The van der Waals surface area contributed by atoms with Crippen molar-refractivity contribution in [1.82, 2.24) is 42.2 Å². The van der Waals surface area contributed by atoms with Crippen LogP contribution in [-0.2, 0) is 57.6 Å². The standard InChI is InChI=1S/C54H68N10O11S2/c1-29(2)45-53(73)62-44(52(72)64-46(30(3)65)54(74)75)28-77-76-27-43(61-47(67)38(56)23-32-15-18-33-10-4-5-11-34(33)22-32)51(71)59-41(24-31-16-19-36(66)20-17-31)49(69)60-42(25-35-26-57-39-13-7-6-12-37(35)39)50(70)58-40(48(68)63-45)14-8-9-21-55/h4-7,10-13,15-20,22,26,29-30,38,40-46,57,65-66H,8-9,14,21,23-25,27-28,55-56H2,1-3H3,(H,58,70)(H,59,71)(H,60,69)(H,61,67)(H,62,73)(H,63,68)(H,64,72)(H,74,75)/t30-,38-,40+,41+,42-,43+,44+,45+,46+/m1/s1. The maximum Gasteiger partial charge on any atom is 0.328 e. The second kappa shape index (κ2) is 28.3. The molecule has 77 heavy (non-hydrogen) atoms. The van der Waals surface area contributed by atoms with Crippen LogP contribution in [0.4, 0.5) is 0 Å². The van der Waals surface area contributed by atoms with Crippen LogP contribution in [0.1, 0.15) is 56.7 Å². The maximum atomic E-state index is 14.9. The van der Waals surface area contributed by atoms with Crippen LogP contribution >= 0.6 is 21.6 Å². The van der Waals surface area contributed by atoms with Gasteiger partial charge in [0.25, 0.3) is 0 Å². The lowest BCUT2D eigenvalue weighted by atomic mass is 10.00. The first-order valence-corrected chi connectivity index (χ1v) is 27.8. The minimum absolute atomic E-state index is 0.0556. The van der Waals surface area contributed by atoms with E-state index in [2.05, 4.69) is 42.2 Å². The Morgan fingerprint density at radius 3 is 2.03 bits per heavy atom. The van der Waals surface area contributed by atoms with Gasteiger partial charge >= 0.3 is 5.97 Å². The number of aromatic nitrogens is 1. The number of carboxylic acid groups (broad SMARTS) is 1. The number of para-hydroxylation sites is 1. The monoisotopic (exact) mass is 1100 g/mol. The number of aliphatic carboxylic acids is 1. The zero-order valence-electron chi connectivity index (χ0n) is 43.0. The number of hydrogen-bond donors (Lipinski definition) is 13. The van der Waals surface area contributed by atoms with E-state index in [0.717, 1.165) is 48.8 Å². The van der Waals surface area contributed by atoms with E-state index in [9.17, 15) is 53.7 Å². The Labute approximate surface area is 453 Å². The van der Waals surface area contributed by atoms with Crippen LogP contribution in [0, 0.1) is 5.92 Å². The number of benzene rings is 4. The molecule has 4 aromatic carbocycles. The fourth-order valence-electron chi connectivity index (χ4n) is 8.67. The predicted molar refractivity (Wildman–Crippen MR) is 295 cm³/mol. The van der Waals surface area contributed by atoms with Crippen molar-refractivity contribution in [3.63, 3.8) is 0 Å². The van der Waals surface area contributed by atoms with E-state index >= 15 is 0 Å². The van der Waals surface area contributed by atoms with Crippen molar-refractivity contribution in [3.05, 3.63) is 114 Å². The molecule has 5 aromatic rings. The van der Waals surface area contributed by atoms with Crippen molar-refractivity contribution in [1.29, 1.82) is 0 Å². The highest BCUT2D eigenvalue weighted by Crippen LogP contribution is 2.25. The number of nitrogens with one attached hydrogen (secondary N) is 8. The van der Waals surface area contributed by atoms with Crippen molar-refractivity contribution < 1.29 is 53.7 Å². The van der Waals surface area contributed by atoms with Gasteiger partial charge in [0.15, 0.2) is 6.04 Å². The zero-order chi connectivity index (χ0) is 55.8. The molecule has 0 bridgehead atoms. The van der Waals surface area contributed by atoms with Crippen molar-refractivity contribution in [3.8, 4) is 5.75 Å². The van der Waals surface area contributed by atoms with E-state index in [1.165, 1.54) is 19.1 Å². The van der Waals surface area contributed by atoms with Gasteiger partial charge in [0, 0.05) is 41.4 Å². The topological polar surface area (TPSA) is 349 Å². The van der Waals surface area contributed by atoms with Gasteiger partial charge in [0.2, 0.25) is 41.4 Å². The molecule has 0 radical (unpaired) electrons. The van der Waals surface area contributed by atoms with Gasteiger partial charge in [-0.15, -0.1) is 0 Å². The van der Waals surface area contributed by atoms with Crippen LogP contribution in [0.25, 0.3) is 21.7 Å². The first-order chi connectivity index (χ1) is 36.8. The molecule has 1 aromatic heterocycles. The molecule has 1 saturated heterocycles. The molecule has 0 saturated carbocycles. The maximum absolute atomic E-state index is 14.9. The average molecular weight is 1100 g/mol. The summed E-state index contributed by atoms with van der Waals surface area (Å²) < 4.78 is 0. The molecule has 23 heteroatoms. The minimum Gasteiger partial charge on any atom is -0.508 e. The van der Waals surface area contributed by atoms with Crippen LogP contribution in [0.2, 0.25) is 0 Å². The molecule has 6 rings (SSSR count). The molecule has 0 unspecified atom stereocenters. The number of aliphatic hydroxyl groups is 1. The summed E-state index contributed by atoms with van der Waals surface area (Å²) in [4.78, 5) is 116.